The van der Waals surface area contributed by atoms with E-state index in [2.05, 4.69) is 20.3 Å². The number of para-hydroxylation sites is 1. The summed E-state index contributed by atoms with van der Waals surface area (Å²) < 4.78 is 27.2. The van der Waals surface area contributed by atoms with Crippen molar-refractivity contribution in [3.05, 3.63) is 35.1 Å². The zero-order valence-corrected chi connectivity index (χ0v) is 12.3. The second kappa shape index (κ2) is 6.62. The maximum atomic E-state index is 13.6. The number of aromatic nitrogens is 3. The third-order valence-corrected chi connectivity index (χ3v) is 3.01. The van der Waals surface area contributed by atoms with E-state index in [1.807, 2.05) is 18.7 Å². The van der Waals surface area contributed by atoms with E-state index >= 15 is 0 Å². The lowest BCUT2D eigenvalue weighted by molar-refractivity contribution is 0.590. The van der Waals surface area contributed by atoms with E-state index in [-0.39, 0.29) is 16.9 Å². The SMILES string of the molecule is CCN(CC)c1nc(Cl)nc(Nc2c(F)cccc2F)n1. The Morgan fingerprint density at radius 3 is 2.29 bits per heavy atom. The van der Waals surface area contributed by atoms with Crippen molar-refractivity contribution in [1.82, 2.24) is 15.0 Å². The molecule has 0 bridgehead atoms. The summed E-state index contributed by atoms with van der Waals surface area (Å²) in [6.07, 6.45) is 0. The summed E-state index contributed by atoms with van der Waals surface area (Å²) in [6.45, 7) is 5.21. The molecular formula is C13H14ClF2N5. The average Bonchev–Trinajstić information content (AvgIpc) is 2.44. The van der Waals surface area contributed by atoms with E-state index in [1.54, 1.807) is 0 Å². The number of nitrogens with zero attached hydrogens (tertiary/aromatic N) is 4. The van der Waals surface area contributed by atoms with Gasteiger partial charge in [-0.15, -0.1) is 0 Å². The van der Waals surface area contributed by atoms with Crippen molar-refractivity contribution >= 4 is 29.2 Å². The van der Waals surface area contributed by atoms with Crippen LogP contribution < -0.4 is 10.2 Å². The Morgan fingerprint density at radius 1 is 1.10 bits per heavy atom. The summed E-state index contributed by atoms with van der Waals surface area (Å²) in [4.78, 5) is 13.8. The molecule has 1 aromatic carbocycles. The lowest BCUT2D eigenvalue weighted by atomic mass is 10.3. The van der Waals surface area contributed by atoms with Gasteiger partial charge >= 0.3 is 0 Å². The van der Waals surface area contributed by atoms with Gasteiger partial charge in [-0.25, -0.2) is 8.78 Å². The number of rotatable bonds is 5. The second-order valence-corrected chi connectivity index (χ2v) is 4.46. The summed E-state index contributed by atoms with van der Waals surface area (Å²) in [7, 11) is 0. The number of hydrogen-bond donors (Lipinski definition) is 1. The van der Waals surface area contributed by atoms with Crippen LogP contribution in [0.2, 0.25) is 5.28 Å². The second-order valence-electron chi connectivity index (χ2n) is 4.12. The molecule has 1 heterocycles. The quantitative estimate of drug-likeness (QED) is 0.917. The van der Waals surface area contributed by atoms with Crippen molar-refractivity contribution in [2.24, 2.45) is 0 Å². The van der Waals surface area contributed by atoms with Gasteiger partial charge in [0.1, 0.15) is 17.3 Å². The molecule has 1 aromatic heterocycles. The van der Waals surface area contributed by atoms with Gasteiger partial charge in [-0.05, 0) is 37.6 Å². The minimum atomic E-state index is -0.740. The zero-order valence-electron chi connectivity index (χ0n) is 11.6. The largest absolute Gasteiger partial charge is 0.341 e. The van der Waals surface area contributed by atoms with Gasteiger partial charge in [0.25, 0.3) is 0 Å². The predicted octanol–water partition coefficient (Wildman–Crippen LogP) is 3.39. The molecule has 0 amide bonds. The smallest absolute Gasteiger partial charge is 0.233 e. The fourth-order valence-corrected chi connectivity index (χ4v) is 1.93. The first-order valence-electron chi connectivity index (χ1n) is 6.42. The number of hydrogen-bond acceptors (Lipinski definition) is 5. The number of benzene rings is 1. The highest BCUT2D eigenvalue weighted by Crippen LogP contribution is 2.22. The van der Waals surface area contributed by atoms with Crippen molar-refractivity contribution in [2.75, 3.05) is 23.3 Å². The van der Waals surface area contributed by atoms with Crippen LogP contribution in [0.15, 0.2) is 18.2 Å². The third kappa shape index (κ3) is 3.55. The first-order valence-corrected chi connectivity index (χ1v) is 6.80. The van der Waals surface area contributed by atoms with Crippen LogP contribution in [0, 0.1) is 11.6 Å². The maximum Gasteiger partial charge on any atom is 0.233 e. The molecule has 0 unspecified atom stereocenters. The van der Waals surface area contributed by atoms with Crippen LogP contribution >= 0.6 is 11.6 Å². The Morgan fingerprint density at radius 2 is 1.71 bits per heavy atom. The standard InChI is InChI=1S/C13H14ClF2N5/c1-3-21(4-2)13-19-11(14)18-12(20-13)17-10-8(15)6-5-7-9(10)16/h5-7H,3-4H2,1-2H3,(H,17,18,19,20). The topological polar surface area (TPSA) is 53.9 Å². The highest BCUT2D eigenvalue weighted by molar-refractivity contribution is 6.28. The summed E-state index contributed by atoms with van der Waals surface area (Å²) in [5, 5.41) is 2.45. The monoisotopic (exact) mass is 313 g/mol. The molecule has 2 aromatic rings. The zero-order chi connectivity index (χ0) is 15.4. The molecule has 21 heavy (non-hydrogen) atoms. The molecule has 0 aliphatic carbocycles. The van der Waals surface area contributed by atoms with Gasteiger partial charge in [0, 0.05) is 13.1 Å². The molecule has 2 rings (SSSR count). The highest BCUT2D eigenvalue weighted by atomic mass is 35.5. The van der Waals surface area contributed by atoms with Crippen LogP contribution in [0.1, 0.15) is 13.8 Å². The number of anilines is 3. The van der Waals surface area contributed by atoms with E-state index in [1.165, 1.54) is 6.07 Å². The van der Waals surface area contributed by atoms with Crippen LogP contribution in [0.5, 0.6) is 0 Å². The van der Waals surface area contributed by atoms with Gasteiger partial charge < -0.3 is 10.2 Å². The molecule has 0 atom stereocenters. The Balaban J connectivity index is 2.36. The van der Waals surface area contributed by atoms with Crippen LogP contribution in [-0.4, -0.2) is 28.0 Å². The van der Waals surface area contributed by atoms with Crippen LogP contribution in [0.4, 0.5) is 26.4 Å². The fourth-order valence-electron chi connectivity index (χ4n) is 1.77. The van der Waals surface area contributed by atoms with E-state index < -0.39 is 11.6 Å². The third-order valence-electron chi connectivity index (χ3n) is 2.84. The van der Waals surface area contributed by atoms with Gasteiger partial charge in [-0.1, -0.05) is 6.07 Å². The summed E-state index contributed by atoms with van der Waals surface area (Å²) >= 11 is 5.84. The highest BCUT2D eigenvalue weighted by Gasteiger charge is 2.14. The van der Waals surface area contributed by atoms with Crippen LogP contribution in [-0.2, 0) is 0 Å². The Kier molecular flexibility index (Phi) is 4.85. The Hall–Kier alpha value is -2.02. The predicted molar refractivity (Wildman–Crippen MR) is 78.0 cm³/mol. The van der Waals surface area contributed by atoms with Gasteiger partial charge in [-0.3, -0.25) is 0 Å². The minimum Gasteiger partial charge on any atom is -0.341 e. The van der Waals surface area contributed by atoms with Crippen molar-refractivity contribution < 1.29 is 8.78 Å². The number of halogens is 3. The normalized spacial score (nSPS) is 10.5. The van der Waals surface area contributed by atoms with Crippen molar-refractivity contribution in [1.29, 1.82) is 0 Å². The molecule has 0 spiro atoms. The lowest BCUT2D eigenvalue weighted by Crippen LogP contribution is -2.24. The molecule has 0 radical (unpaired) electrons. The van der Waals surface area contributed by atoms with Gasteiger partial charge in [-0.2, -0.15) is 15.0 Å². The lowest BCUT2D eigenvalue weighted by Gasteiger charge is -2.18. The molecule has 0 saturated heterocycles. The van der Waals surface area contributed by atoms with Gasteiger partial charge in [0.15, 0.2) is 0 Å². The summed E-state index contributed by atoms with van der Waals surface area (Å²) in [6, 6.07) is 3.55. The molecule has 112 valence electrons. The van der Waals surface area contributed by atoms with Gasteiger partial charge in [0.05, 0.1) is 0 Å². The minimum absolute atomic E-state index is 0.0131. The average molecular weight is 314 g/mol. The molecule has 8 heteroatoms. The van der Waals surface area contributed by atoms with Crippen molar-refractivity contribution in [2.45, 2.75) is 13.8 Å². The molecule has 0 aliphatic heterocycles. The molecule has 1 N–H and O–H groups in total. The molecular weight excluding hydrogens is 300 g/mol. The van der Waals surface area contributed by atoms with Crippen molar-refractivity contribution in [3.63, 3.8) is 0 Å². The molecule has 0 aliphatic rings. The maximum absolute atomic E-state index is 13.6. The van der Waals surface area contributed by atoms with Gasteiger partial charge in [0.2, 0.25) is 17.2 Å². The summed E-state index contributed by atoms with van der Waals surface area (Å²) in [5.74, 6) is -1.15. The summed E-state index contributed by atoms with van der Waals surface area (Å²) in [5.41, 5.74) is -0.328. The molecule has 0 saturated carbocycles. The molecule has 0 fully saturated rings. The van der Waals surface area contributed by atoms with Crippen LogP contribution in [0.3, 0.4) is 0 Å². The Bertz CT molecular complexity index is 614. The van der Waals surface area contributed by atoms with Crippen molar-refractivity contribution in [3.8, 4) is 0 Å². The first-order chi connectivity index (χ1) is 10.0. The van der Waals surface area contributed by atoms with E-state index in [9.17, 15) is 8.78 Å². The molecule has 5 nitrogen and oxygen atoms in total. The first kappa shape index (κ1) is 15.4. The van der Waals surface area contributed by atoms with Crippen LogP contribution in [0.25, 0.3) is 0 Å². The Labute approximate surface area is 126 Å². The van der Waals surface area contributed by atoms with E-state index in [4.69, 9.17) is 11.6 Å². The van der Waals surface area contributed by atoms with E-state index in [0.29, 0.717) is 19.0 Å². The van der Waals surface area contributed by atoms with E-state index in [0.717, 1.165) is 12.1 Å². The fraction of sp³-hybridized carbons (Fsp3) is 0.308. The number of nitrogens with one attached hydrogen (secondary N) is 1.